The molecule has 2 atom stereocenters. The molecule has 40 heavy (non-hydrogen) atoms. The zero-order valence-corrected chi connectivity index (χ0v) is 23.9. The fraction of sp³-hybridized carbons (Fsp3) is 0.469. The molecule has 0 N–H and O–H groups in total. The molecule has 2 aliphatic heterocycles. The highest BCUT2D eigenvalue weighted by Crippen LogP contribution is 2.48. The molecule has 0 saturated heterocycles. The van der Waals surface area contributed by atoms with E-state index in [2.05, 4.69) is 0 Å². The molecule has 0 fully saturated rings. The first-order chi connectivity index (χ1) is 19.2. The lowest BCUT2D eigenvalue weighted by atomic mass is 9.83. The van der Waals surface area contributed by atoms with Crippen LogP contribution in [0.25, 0.3) is 6.08 Å². The predicted molar refractivity (Wildman–Crippen MR) is 150 cm³/mol. The van der Waals surface area contributed by atoms with E-state index in [-0.39, 0.29) is 35.9 Å². The maximum atomic E-state index is 13.6. The third kappa shape index (κ3) is 6.66. The van der Waals surface area contributed by atoms with Crippen molar-refractivity contribution in [3.05, 3.63) is 52.6 Å². The summed E-state index contributed by atoms with van der Waals surface area (Å²) in [5, 5.41) is 0. The molecule has 2 aromatic carbocycles. The first kappa shape index (κ1) is 29.2. The van der Waals surface area contributed by atoms with E-state index in [1.54, 1.807) is 19.3 Å². The first-order valence-corrected chi connectivity index (χ1v) is 13.9. The summed E-state index contributed by atoms with van der Waals surface area (Å²) in [6, 6.07) is 7.25. The molecule has 0 aromatic heterocycles. The standard InChI is InChI=1S/C32H38O8/c1-19(2)38-26-16-21(14-15-25(26)36-4)24-18-28(34)40-27-17-22-11-7-6-8-12-23(33)13-9-10-20(3)39-32(35)29(22)31(37-5)30(24)27/h7,11,14-17,19-20,24H,6,8-10,12-13,18H2,1-5H3/b11-7+/t20-,24?/m0/s1. The van der Waals surface area contributed by atoms with Crippen LogP contribution in [0.1, 0.15) is 98.7 Å². The number of ketones is 1. The van der Waals surface area contributed by atoms with Crippen LogP contribution in [0, 0.1) is 0 Å². The molecular weight excluding hydrogens is 512 g/mol. The molecule has 1 unspecified atom stereocenters. The molecule has 2 aromatic rings. The van der Waals surface area contributed by atoms with Crippen molar-refractivity contribution in [1.29, 1.82) is 0 Å². The Labute approximate surface area is 235 Å². The van der Waals surface area contributed by atoms with Crippen molar-refractivity contribution in [2.45, 2.75) is 83.8 Å². The number of esters is 2. The van der Waals surface area contributed by atoms with Gasteiger partial charge in [0, 0.05) is 24.3 Å². The summed E-state index contributed by atoms with van der Waals surface area (Å²) in [6.45, 7) is 5.68. The van der Waals surface area contributed by atoms with E-state index >= 15 is 0 Å². The summed E-state index contributed by atoms with van der Waals surface area (Å²) in [5.74, 6) is 0.644. The van der Waals surface area contributed by atoms with Crippen molar-refractivity contribution in [2.75, 3.05) is 14.2 Å². The largest absolute Gasteiger partial charge is 0.495 e. The Kier molecular flexibility index (Phi) is 9.50. The number of carbonyl (C=O) groups is 3. The number of carbonyl (C=O) groups excluding carboxylic acids is 3. The lowest BCUT2D eigenvalue weighted by Gasteiger charge is -2.29. The quantitative estimate of drug-likeness (QED) is 0.311. The van der Waals surface area contributed by atoms with Gasteiger partial charge in [-0.1, -0.05) is 18.2 Å². The van der Waals surface area contributed by atoms with Crippen LogP contribution in [0.4, 0.5) is 0 Å². The molecule has 0 bridgehead atoms. The summed E-state index contributed by atoms with van der Waals surface area (Å²) in [5.41, 5.74) is 2.22. The number of cyclic esters (lactones) is 1. The van der Waals surface area contributed by atoms with Gasteiger partial charge in [-0.2, -0.15) is 0 Å². The minimum atomic E-state index is -0.524. The van der Waals surface area contributed by atoms with Gasteiger partial charge in [0.15, 0.2) is 11.5 Å². The Hall–Kier alpha value is -3.81. The van der Waals surface area contributed by atoms with E-state index in [0.29, 0.717) is 66.2 Å². The van der Waals surface area contributed by atoms with Gasteiger partial charge in [-0.15, -0.1) is 0 Å². The lowest BCUT2D eigenvalue weighted by Crippen LogP contribution is -2.24. The zero-order valence-electron chi connectivity index (χ0n) is 23.9. The monoisotopic (exact) mass is 550 g/mol. The van der Waals surface area contributed by atoms with E-state index in [1.807, 2.05) is 45.0 Å². The molecule has 0 amide bonds. The Bertz CT molecular complexity index is 1290. The molecule has 0 spiro atoms. The Morgan fingerprint density at radius 1 is 0.975 bits per heavy atom. The van der Waals surface area contributed by atoms with Crippen LogP contribution in [0.2, 0.25) is 0 Å². The van der Waals surface area contributed by atoms with Crippen molar-refractivity contribution in [1.82, 2.24) is 0 Å². The number of methoxy groups -OCH3 is 2. The van der Waals surface area contributed by atoms with Crippen LogP contribution in [0.5, 0.6) is 23.0 Å². The number of fused-ring (bicyclic) bond motifs is 2. The molecule has 0 aliphatic carbocycles. The second-order valence-electron chi connectivity index (χ2n) is 10.5. The molecule has 214 valence electrons. The summed E-state index contributed by atoms with van der Waals surface area (Å²) >= 11 is 0. The van der Waals surface area contributed by atoms with E-state index in [4.69, 9.17) is 23.7 Å². The molecule has 2 heterocycles. The van der Waals surface area contributed by atoms with E-state index in [9.17, 15) is 14.4 Å². The normalized spacial score (nSPS) is 20.9. The maximum Gasteiger partial charge on any atom is 0.342 e. The van der Waals surface area contributed by atoms with Gasteiger partial charge in [-0.05, 0) is 75.8 Å². The summed E-state index contributed by atoms with van der Waals surface area (Å²) in [4.78, 5) is 38.6. The van der Waals surface area contributed by atoms with Gasteiger partial charge in [0.05, 0.1) is 32.8 Å². The van der Waals surface area contributed by atoms with E-state index in [0.717, 1.165) is 12.0 Å². The van der Waals surface area contributed by atoms with Crippen LogP contribution in [0.15, 0.2) is 30.3 Å². The van der Waals surface area contributed by atoms with Crippen LogP contribution in [-0.4, -0.2) is 44.1 Å². The number of rotatable bonds is 5. The Morgan fingerprint density at radius 3 is 2.48 bits per heavy atom. The van der Waals surface area contributed by atoms with E-state index < -0.39 is 11.9 Å². The third-order valence-corrected chi connectivity index (χ3v) is 7.11. The van der Waals surface area contributed by atoms with Crippen LogP contribution >= 0.6 is 0 Å². The van der Waals surface area contributed by atoms with Crippen LogP contribution in [0.3, 0.4) is 0 Å². The molecule has 2 aliphatic rings. The highest BCUT2D eigenvalue weighted by Gasteiger charge is 2.36. The van der Waals surface area contributed by atoms with Gasteiger partial charge in [0.1, 0.15) is 22.8 Å². The lowest BCUT2D eigenvalue weighted by molar-refractivity contribution is -0.135. The molecule has 4 rings (SSSR count). The maximum absolute atomic E-state index is 13.6. The molecular formula is C32H38O8. The average Bonchev–Trinajstić information content (AvgIpc) is 2.90. The second kappa shape index (κ2) is 13.0. The van der Waals surface area contributed by atoms with Gasteiger partial charge in [-0.25, -0.2) is 4.79 Å². The van der Waals surface area contributed by atoms with Crippen molar-refractivity contribution in [3.8, 4) is 23.0 Å². The number of ether oxygens (including phenoxy) is 5. The van der Waals surface area contributed by atoms with Crippen LogP contribution in [-0.2, 0) is 14.3 Å². The summed E-state index contributed by atoms with van der Waals surface area (Å²) in [6.07, 6.45) is 6.95. The third-order valence-electron chi connectivity index (χ3n) is 7.11. The van der Waals surface area contributed by atoms with Crippen molar-refractivity contribution >= 4 is 23.8 Å². The SMILES string of the molecule is COc1ccc(C2CC(=O)Oc3cc4c(c(OC)c32)C(=O)O[C@@H](C)CCCC(=O)CCC/C=C/4)cc1OC(C)C. The zero-order chi connectivity index (χ0) is 28.8. The number of hydrogen-bond donors (Lipinski definition) is 0. The number of benzene rings is 2. The smallest absolute Gasteiger partial charge is 0.342 e. The molecule has 8 heteroatoms. The van der Waals surface area contributed by atoms with Gasteiger partial charge < -0.3 is 23.7 Å². The molecule has 0 saturated carbocycles. The van der Waals surface area contributed by atoms with Crippen LogP contribution < -0.4 is 18.9 Å². The van der Waals surface area contributed by atoms with Crippen molar-refractivity contribution in [3.63, 3.8) is 0 Å². The second-order valence-corrected chi connectivity index (χ2v) is 10.5. The summed E-state index contributed by atoms with van der Waals surface area (Å²) < 4.78 is 28.9. The van der Waals surface area contributed by atoms with Gasteiger partial charge in [0.2, 0.25) is 0 Å². The Morgan fingerprint density at radius 2 is 1.75 bits per heavy atom. The minimum Gasteiger partial charge on any atom is -0.495 e. The molecule has 0 radical (unpaired) electrons. The minimum absolute atomic E-state index is 0.0604. The number of hydrogen-bond acceptors (Lipinski definition) is 8. The van der Waals surface area contributed by atoms with Gasteiger partial charge >= 0.3 is 11.9 Å². The highest BCUT2D eigenvalue weighted by molar-refractivity contribution is 5.99. The van der Waals surface area contributed by atoms with E-state index in [1.165, 1.54) is 7.11 Å². The highest BCUT2D eigenvalue weighted by atomic mass is 16.6. The molecule has 8 nitrogen and oxygen atoms in total. The first-order valence-electron chi connectivity index (χ1n) is 13.9. The number of allylic oxidation sites excluding steroid dienone is 1. The number of Topliss-reactive ketones (excluding diaryl/α,β-unsaturated/α-hetero) is 1. The van der Waals surface area contributed by atoms with Crippen molar-refractivity contribution < 1.29 is 38.1 Å². The Balaban J connectivity index is 1.86. The predicted octanol–water partition coefficient (Wildman–Crippen LogP) is 6.41. The topological polar surface area (TPSA) is 97.4 Å². The van der Waals surface area contributed by atoms with Gasteiger partial charge in [-0.3, -0.25) is 9.59 Å². The van der Waals surface area contributed by atoms with Crippen molar-refractivity contribution in [2.24, 2.45) is 0 Å². The summed E-state index contributed by atoms with van der Waals surface area (Å²) in [7, 11) is 3.08. The van der Waals surface area contributed by atoms with Gasteiger partial charge in [0.25, 0.3) is 0 Å². The fourth-order valence-corrected chi connectivity index (χ4v) is 5.25. The average molecular weight is 551 g/mol. The fourth-order valence-electron chi connectivity index (χ4n) is 5.25.